The van der Waals surface area contributed by atoms with Gasteiger partial charge < -0.3 is 15.6 Å². The van der Waals surface area contributed by atoms with Crippen LogP contribution in [0, 0.1) is 3.57 Å². The van der Waals surface area contributed by atoms with E-state index in [0.29, 0.717) is 17.4 Å². The van der Waals surface area contributed by atoms with Crippen LogP contribution in [0.25, 0.3) is 11.4 Å². The van der Waals surface area contributed by atoms with Gasteiger partial charge in [0.2, 0.25) is 0 Å². The zero-order valence-corrected chi connectivity index (χ0v) is 12.8. The van der Waals surface area contributed by atoms with E-state index in [1.165, 1.54) is 7.11 Å². The number of nitrogen functional groups attached to an aromatic ring is 1. The number of ether oxygens (including phenoxy) is 1. The number of rotatable bonds is 3. The van der Waals surface area contributed by atoms with Gasteiger partial charge in [-0.25, -0.2) is 9.97 Å². The van der Waals surface area contributed by atoms with Crippen LogP contribution in [0.1, 0.15) is 12.6 Å². The molecule has 0 saturated heterocycles. The van der Waals surface area contributed by atoms with Crippen LogP contribution >= 0.6 is 22.6 Å². The summed E-state index contributed by atoms with van der Waals surface area (Å²) in [5.41, 5.74) is 7.56. The summed E-state index contributed by atoms with van der Waals surface area (Å²) >= 11 is 2.15. The monoisotopic (exact) mass is 371 g/mol. The van der Waals surface area contributed by atoms with Crippen molar-refractivity contribution < 1.29 is 9.84 Å². The van der Waals surface area contributed by atoms with Gasteiger partial charge in [0.1, 0.15) is 5.82 Å². The summed E-state index contributed by atoms with van der Waals surface area (Å²) in [5.74, 6) is 1.47. The highest BCUT2D eigenvalue weighted by Gasteiger charge is 2.12. The number of methoxy groups -OCH3 is 1. The van der Waals surface area contributed by atoms with Gasteiger partial charge in [-0.15, -0.1) is 0 Å². The lowest BCUT2D eigenvalue weighted by Gasteiger charge is -2.09. The molecular weight excluding hydrogens is 357 g/mol. The first-order chi connectivity index (χ1) is 9.06. The Kier molecular flexibility index (Phi) is 4.08. The third-order valence-electron chi connectivity index (χ3n) is 2.72. The first-order valence-electron chi connectivity index (χ1n) is 5.76. The normalized spacial score (nSPS) is 10.5. The molecule has 2 aromatic rings. The van der Waals surface area contributed by atoms with E-state index in [2.05, 4.69) is 32.6 Å². The molecule has 1 heterocycles. The maximum absolute atomic E-state index is 9.59. The molecule has 0 amide bonds. The highest BCUT2D eigenvalue weighted by molar-refractivity contribution is 14.1. The molecule has 3 N–H and O–H groups in total. The average Bonchev–Trinajstić information content (AvgIpc) is 2.42. The standard InChI is InChI=1S/C13H14IN3O2/c1-3-8-11(14)12(15)17-13(16-8)7-4-5-9(18)10(6-7)19-2/h4-6,18H,3H2,1-2H3,(H2,15,16,17). The minimum Gasteiger partial charge on any atom is -0.504 e. The molecule has 1 aromatic carbocycles. The van der Waals surface area contributed by atoms with Gasteiger partial charge in [-0.05, 0) is 47.2 Å². The van der Waals surface area contributed by atoms with Gasteiger partial charge in [0.05, 0.1) is 16.4 Å². The lowest BCUT2D eigenvalue weighted by Crippen LogP contribution is -2.04. The van der Waals surface area contributed by atoms with Crippen molar-refractivity contribution in [2.75, 3.05) is 12.8 Å². The highest BCUT2D eigenvalue weighted by Crippen LogP contribution is 2.31. The van der Waals surface area contributed by atoms with Crippen molar-refractivity contribution >= 4 is 28.4 Å². The number of hydrogen-bond acceptors (Lipinski definition) is 5. The number of nitrogens with zero attached hydrogens (tertiary/aromatic N) is 2. The Hall–Kier alpha value is -1.57. The molecular formula is C13H14IN3O2. The summed E-state index contributed by atoms with van der Waals surface area (Å²) in [6.45, 7) is 2.02. The second-order valence-electron chi connectivity index (χ2n) is 3.93. The Labute approximate surface area is 125 Å². The maximum atomic E-state index is 9.59. The number of aryl methyl sites for hydroxylation is 1. The fourth-order valence-electron chi connectivity index (χ4n) is 1.69. The number of hydrogen-bond donors (Lipinski definition) is 2. The van der Waals surface area contributed by atoms with Gasteiger partial charge in [0.25, 0.3) is 0 Å². The van der Waals surface area contributed by atoms with Crippen molar-refractivity contribution in [2.24, 2.45) is 0 Å². The summed E-state index contributed by atoms with van der Waals surface area (Å²) < 4.78 is 5.96. The highest BCUT2D eigenvalue weighted by atomic mass is 127. The summed E-state index contributed by atoms with van der Waals surface area (Å²) in [6.07, 6.45) is 0.785. The molecule has 5 nitrogen and oxygen atoms in total. The first kappa shape index (κ1) is 13.9. The smallest absolute Gasteiger partial charge is 0.161 e. The van der Waals surface area contributed by atoms with Crippen LogP contribution in [0.15, 0.2) is 18.2 Å². The van der Waals surface area contributed by atoms with Gasteiger partial charge >= 0.3 is 0 Å². The molecule has 0 radical (unpaired) electrons. The van der Waals surface area contributed by atoms with E-state index in [1.54, 1.807) is 18.2 Å². The van der Waals surface area contributed by atoms with Crippen molar-refractivity contribution in [2.45, 2.75) is 13.3 Å². The number of benzene rings is 1. The Morgan fingerprint density at radius 3 is 2.74 bits per heavy atom. The van der Waals surface area contributed by atoms with Gasteiger partial charge in [-0.3, -0.25) is 0 Å². The SMILES string of the molecule is CCc1nc(-c2ccc(O)c(OC)c2)nc(N)c1I. The molecule has 0 bridgehead atoms. The second kappa shape index (κ2) is 5.60. The van der Waals surface area contributed by atoms with E-state index in [1.807, 2.05) is 6.92 Å². The summed E-state index contributed by atoms with van der Waals surface area (Å²) in [5, 5.41) is 9.59. The first-order valence-corrected chi connectivity index (χ1v) is 6.84. The van der Waals surface area contributed by atoms with Crippen LogP contribution in [-0.2, 0) is 6.42 Å². The number of halogens is 1. The van der Waals surface area contributed by atoms with Crippen LogP contribution in [0.4, 0.5) is 5.82 Å². The van der Waals surface area contributed by atoms with Crippen LogP contribution in [-0.4, -0.2) is 22.2 Å². The van der Waals surface area contributed by atoms with E-state index < -0.39 is 0 Å². The van der Waals surface area contributed by atoms with Crippen LogP contribution in [0.5, 0.6) is 11.5 Å². The lowest BCUT2D eigenvalue weighted by atomic mass is 10.2. The predicted octanol–water partition coefficient (Wildman–Crippen LogP) is 2.61. The number of anilines is 1. The molecule has 0 aliphatic rings. The topological polar surface area (TPSA) is 81.3 Å². The van der Waals surface area contributed by atoms with Crippen LogP contribution < -0.4 is 10.5 Å². The largest absolute Gasteiger partial charge is 0.504 e. The van der Waals surface area contributed by atoms with Gasteiger partial charge in [-0.1, -0.05) is 6.92 Å². The van der Waals surface area contributed by atoms with E-state index in [0.717, 1.165) is 21.2 Å². The zero-order chi connectivity index (χ0) is 14.0. The number of aromatic hydroxyl groups is 1. The Bertz CT molecular complexity index is 617. The fraction of sp³-hybridized carbons (Fsp3) is 0.231. The van der Waals surface area contributed by atoms with Crippen molar-refractivity contribution in [3.63, 3.8) is 0 Å². The van der Waals surface area contributed by atoms with Crippen molar-refractivity contribution in [3.05, 3.63) is 27.5 Å². The van der Waals surface area contributed by atoms with Crippen molar-refractivity contribution in [1.29, 1.82) is 0 Å². The van der Waals surface area contributed by atoms with Gasteiger partial charge in [0.15, 0.2) is 17.3 Å². The lowest BCUT2D eigenvalue weighted by molar-refractivity contribution is 0.373. The molecule has 0 spiro atoms. The average molecular weight is 371 g/mol. The molecule has 0 aliphatic carbocycles. The van der Waals surface area contributed by atoms with Gasteiger partial charge in [0, 0.05) is 5.56 Å². The molecule has 100 valence electrons. The molecule has 0 aliphatic heterocycles. The maximum Gasteiger partial charge on any atom is 0.161 e. The minimum atomic E-state index is 0.0837. The summed E-state index contributed by atoms with van der Waals surface area (Å²) in [7, 11) is 1.50. The molecule has 0 saturated carbocycles. The van der Waals surface area contributed by atoms with Crippen molar-refractivity contribution in [1.82, 2.24) is 9.97 Å². The quantitative estimate of drug-likeness (QED) is 0.811. The minimum absolute atomic E-state index is 0.0837. The number of phenolic OH excluding ortho intramolecular Hbond substituents is 1. The van der Waals surface area contributed by atoms with E-state index in [4.69, 9.17) is 10.5 Å². The Morgan fingerprint density at radius 1 is 1.37 bits per heavy atom. The summed E-state index contributed by atoms with van der Waals surface area (Å²) in [6, 6.07) is 4.98. The Balaban J connectivity index is 2.55. The molecule has 0 fully saturated rings. The number of phenols is 1. The molecule has 0 unspecified atom stereocenters. The fourth-order valence-corrected chi connectivity index (χ4v) is 2.32. The third kappa shape index (κ3) is 2.73. The molecule has 2 rings (SSSR count). The van der Waals surface area contributed by atoms with E-state index in [9.17, 15) is 5.11 Å². The van der Waals surface area contributed by atoms with Gasteiger partial charge in [-0.2, -0.15) is 0 Å². The molecule has 0 atom stereocenters. The summed E-state index contributed by atoms with van der Waals surface area (Å²) in [4.78, 5) is 8.77. The number of nitrogens with two attached hydrogens (primary N) is 1. The number of aromatic nitrogens is 2. The van der Waals surface area contributed by atoms with Crippen molar-refractivity contribution in [3.8, 4) is 22.9 Å². The Morgan fingerprint density at radius 2 is 2.11 bits per heavy atom. The van der Waals surface area contributed by atoms with E-state index in [-0.39, 0.29) is 5.75 Å². The zero-order valence-electron chi connectivity index (χ0n) is 10.6. The predicted molar refractivity (Wildman–Crippen MR) is 82.2 cm³/mol. The third-order valence-corrected chi connectivity index (χ3v) is 3.89. The molecule has 19 heavy (non-hydrogen) atoms. The van der Waals surface area contributed by atoms with Crippen LogP contribution in [0.3, 0.4) is 0 Å². The molecule has 6 heteroatoms. The van der Waals surface area contributed by atoms with E-state index >= 15 is 0 Å². The van der Waals surface area contributed by atoms with Crippen LogP contribution in [0.2, 0.25) is 0 Å². The molecule has 1 aromatic heterocycles. The second-order valence-corrected chi connectivity index (χ2v) is 5.01.